The topological polar surface area (TPSA) is 78.0 Å². The Bertz CT molecular complexity index is 1250. The molecule has 7 heteroatoms. The molecule has 0 N–H and O–H groups in total. The average molecular weight is 485 g/mol. The number of ether oxygens (including phenoxy) is 3. The molecular formula is C29H28N2O5. The van der Waals surface area contributed by atoms with Crippen LogP contribution in [0.2, 0.25) is 0 Å². The first kappa shape index (κ1) is 22.7. The lowest BCUT2D eigenvalue weighted by atomic mass is 9.81. The minimum absolute atomic E-state index is 0.0122. The van der Waals surface area contributed by atoms with Crippen molar-refractivity contribution in [3.05, 3.63) is 83.6 Å². The number of ketones is 1. The summed E-state index contributed by atoms with van der Waals surface area (Å²) in [5, 5.41) is 0. The zero-order chi connectivity index (χ0) is 24.6. The summed E-state index contributed by atoms with van der Waals surface area (Å²) in [6.07, 6.45) is 2.35. The minimum atomic E-state index is -0.327. The lowest BCUT2D eigenvalue weighted by Gasteiger charge is -2.47. The molecule has 3 aliphatic rings. The molecule has 1 aliphatic carbocycles. The average Bonchev–Trinajstić information content (AvgIpc) is 3.24. The second kappa shape index (κ2) is 9.39. The number of carbonyl (C=O) groups is 2. The maximum absolute atomic E-state index is 13.4. The number of carbonyl (C=O) groups excluding carboxylic acids is 2. The zero-order valence-corrected chi connectivity index (χ0v) is 20.1. The van der Waals surface area contributed by atoms with E-state index >= 15 is 0 Å². The Morgan fingerprint density at radius 2 is 1.61 bits per heavy atom. The summed E-state index contributed by atoms with van der Waals surface area (Å²) in [4.78, 5) is 32.5. The Morgan fingerprint density at radius 1 is 0.972 bits per heavy atom. The van der Waals surface area contributed by atoms with Gasteiger partial charge in [0.2, 0.25) is 5.88 Å². The smallest absolute Gasteiger partial charge is 0.410 e. The van der Waals surface area contributed by atoms with Crippen LogP contribution in [-0.2, 0) is 9.47 Å². The summed E-state index contributed by atoms with van der Waals surface area (Å²) in [5.74, 6) is 0.298. The van der Waals surface area contributed by atoms with Gasteiger partial charge in [0.15, 0.2) is 5.78 Å². The molecule has 184 valence electrons. The molecule has 2 aliphatic heterocycles. The monoisotopic (exact) mass is 484 g/mol. The first-order valence-electron chi connectivity index (χ1n) is 12.4. The molecule has 2 fully saturated rings. The van der Waals surface area contributed by atoms with Gasteiger partial charge in [0.05, 0.1) is 32.4 Å². The summed E-state index contributed by atoms with van der Waals surface area (Å²) < 4.78 is 16.9. The number of methoxy groups -OCH3 is 1. The molecule has 2 atom stereocenters. The van der Waals surface area contributed by atoms with E-state index in [0.717, 1.165) is 0 Å². The maximum Gasteiger partial charge on any atom is 0.410 e. The van der Waals surface area contributed by atoms with Gasteiger partial charge in [0.1, 0.15) is 6.61 Å². The predicted molar refractivity (Wildman–Crippen MR) is 133 cm³/mol. The SMILES string of the molecule is COc1cc(C(=O)C2CC3COCC(C2)N3C(=O)OCC2c3ccccc3-c3ccccc32)ccn1. The third-order valence-electron chi connectivity index (χ3n) is 7.67. The molecule has 0 radical (unpaired) electrons. The number of piperidine rings is 1. The van der Waals surface area contributed by atoms with E-state index in [9.17, 15) is 9.59 Å². The van der Waals surface area contributed by atoms with Gasteiger partial charge in [0, 0.05) is 29.7 Å². The fourth-order valence-corrected chi connectivity index (χ4v) is 6.01. The molecule has 3 heterocycles. The molecule has 0 saturated carbocycles. The fraction of sp³-hybridized carbons (Fsp3) is 0.345. The van der Waals surface area contributed by atoms with Crippen molar-refractivity contribution in [3.8, 4) is 17.0 Å². The van der Waals surface area contributed by atoms with Crippen molar-refractivity contribution < 1.29 is 23.8 Å². The Hall–Kier alpha value is -3.71. The van der Waals surface area contributed by atoms with Gasteiger partial charge in [-0.1, -0.05) is 48.5 Å². The molecule has 2 aromatic carbocycles. The number of pyridine rings is 1. The summed E-state index contributed by atoms with van der Waals surface area (Å²) in [6, 6.07) is 19.6. The van der Waals surface area contributed by atoms with Gasteiger partial charge < -0.3 is 14.2 Å². The van der Waals surface area contributed by atoms with Gasteiger partial charge in [-0.15, -0.1) is 0 Å². The van der Waals surface area contributed by atoms with Gasteiger partial charge in [-0.05, 0) is 41.2 Å². The van der Waals surface area contributed by atoms with Gasteiger partial charge >= 0.3 is 6.09 Å². The number of hydrogen-bond acceptors (Lipinski definition) is 6. The van der Waals surface area contributed by atoms with Crippen LogP contribution in [0.1, 0.15) is 40.2 Å². The molecule has 6 rings (SSSR count). The van der Waals surface area contributed by atoms with Gasteiger partial charge in [-0.25, -0.2) is 9.78 Å². The molecule has 2 saturated heterocycles. The number of hydrogen-bond donors (Lipinski definition) is 0. The van der Waals surface area contributed by atoms with Gasteiger partial charge in [0.25, 0.3) is 0 Å². The predicted octanol–water partition coefficient (Wildman–Crippen LogP) is 4.70. The van der Waals surface area contributed by atoms with E-state index in [2.05, 4.69) is 29.2 Å². The highest BCUT2D eigenvalue weighted by molar-refractivity contribution is 5.98. The Kier molecular flexibility index (Phi) is 5.93. The zero-order valence-electron chi connectivity index (χ0n) is 20.1. The first-order valence-corrected chi connectivity index (χ1v) is 12.4. The largest absolute Gasteiger partial charge is 0.481 e. The van der Waals surface area contributed by atoms with Crippen LogP contribution in [0.25, 0.3) is 11.1 Å². The number of aromatic nitrogens is 1. The molecule has 1 amide bonds. The van der Waals surface area contributed by atoms with Crippen molar-refractivity contribution in [3.63, 3.8) is 0 Å². The summed E-state index contributed by atoms with van der Waals surface area (Å²) in [5.41, 5.74) is 5.36. The van der Waals surface area contributed by atoms with Crippen molar-refractivity contribution in [2.45, 2.75) is 30.8 Å². The number of fused-ring (bicyclic) bond motifs is 5. The van der Waals surface area contributed by atoms with E-state index in [1.165, 1.54) is 29.4 Å². The van der Waals surface area contributed by atoms with Gasteiger partial charge in [-0.3, -0.25) is 9.69 Å². The second-order valence-electron chi connectivity index (χ2n) is 9.68. The van der Waals surface area contributed by atoms with Crippen molar-refractivity contribution in [2.75, 3.05) is 26.9 Å². The van der Waals surface area contributed by atoms with E-state index in [1.54, 1.807) is 18.3 Å². The number of morpholine rings is 1. The van der Waals surface area contributed by atoms with Crippen molar-refractivity contribution in [1.82, 2.24) is 9.88 Å². The Morgan fingerprint density at radius 3 is 2.25 bits per heavy atom. The molecule has 3 aromatic rings. The Labute approximate surface area is 210 Å². The van der Waals surface area contributed by atoms with Crippen LogP contribution in [0.5, 0.6) is 5.88 Å². The van der Waals surface area contributed by atoms with E-state index < -0.39 is 0 Å². The highest BCUT2D eigenvalue weighted by atomic mass is 16.6. The standard InChI is InChI=1S/C29H28N2O5/c1-34-27-14-18(10-11-30-27)28(32)19-12-20-15-35-16-21(13-19)31(20)29(33)36-17-26-24-8-4-2-6-22(24)23-7-3-5-9-25(23)26/h2-11,14,19-21,26H,12-13,15-17H2,1H3. The normalized spacial score (nSPS) is 22.5. The Balaban J connectivity index is 1.16. The lowest BCUT2D eigenvalue weighted by Crippen LogP contribution is -2.60. The molecular weight excluding hydrogens is 456 g/mol. The third-order valence-corrected chi connectivity index (χ3v) is 7.67. The van der Waals surface area contributed by atoms with Crippen LogP contribution in [0.4, 0.5) is 4.79 Å². The van der Waals surface area contributed by atoms with Crippen LogP contribution in [-0.4, -0.2) is 60.8 Å². The number of Topliss-reactive ketones (excluding diaryl/α,β-unsaturated/α-hetero) is 1. The maximum atomic E-state index is 13.4. The van der Waals surface area contributed by atoms with E-state index in [-0.39, 0.29) is 42.4 Å². The second-order valence-corrected chi connectivity index (χ2v) is 9.68. The number of benzene rings is 2. The van der Waals surface area contributed by atoms with E-state index in [1.807, 2.05) is 29.2 Å². The van der Waals surface area contributed by atoms with Crippen molar-refractivity contribution in [1.29, 1.82) is 0 Å². The molecule has 2 unspecified atom stereocenters. The summed E-state index contributed by atoms with van der Waals surface area (Å²) in [6.45, 7) is 1.09. The van der Waals surface area contributed by atoms with E-state index in [0.29, 0.717) is 37.5 Å². The molecule has 36 heavy (non-hydrogen) atoms. The third kappa shape index (κ3) is 3.93. The van der Waals surface area contributed by atoms with Crippen LogP contribution in [0.3, 0.4) is 0 Å². The fourth-order valence-electron chi connectivity index (χ4n) is 6.01. The van der Waals surface area contributed by atoms with Crippen LogP contribution in [0, 0.1) is 5.92 Å². The number of nitrogens with zero attached hydrogens (tertiary/aromatic N) is 2. The lowest BCUT2D eigenvalue weighted by molar-refractivity contribution is -0.0747. The number of rotatable bonds is 5. The highest BCUT2D eigenvalue weighted by Crippen LogP contribution is 2.44. The summed E-state index contributed by atoms with van der Waals surface area (Å²) >= 11 is 0. The van der Waals surface area contributed by atoms with Crippen LogP contribution >= 0.6 is 0 Å². The molecule has 2 bridgehead atoms. The first-order chi connectivity index (χ1) is 17.6. The van der Waals surface area contributed by atoms with Crippen molar-refractivity contribution in [2.24, 2.45) is 5.92 Å². The van der Waals surface area contributed by atoms with Crippen molar-refractivity contribution >= 4 is 11.9 Å². The van der Waals surface area contributed by atoms with Crippen LogP contribution in [0.15, 0.2) is 66.9 Å². The number of amides is 1. The van der Waals surface area contributed by atoms with E-state index in [4.69, 9.17) is 14.2 Å². The minimum Gasteiger partial charge on any atom is -0.481 e. The highest BCUT2D eigenvalue weighted by Gasteiger charge is 2.45. The summed E-state index contributed by atoms with van der Waals surface area (Å²) in [7, 11) is 1.53. The quantitative estimate of drug-likeness (QED) is 0.489. The molecule has 0 spiro atoms. The van der Waals surface area contributed by atoms with Crippen LogP contribution < -0.4 is 4.74 Å². The molecule has 7 nitrogen and oxygen atoms in total. The molecule has 1 aromatic heterocycles. The van der Waals surface area contributed by atoms with Gasteiger partial charge in [-0.2, -0.15) is 0 Å².